The smallest absolute Gasteiger partial charge is 0.261 e. The summed E-state index contributed by atoms with van der Waals surface area (Å²) in [6.07, 6.45) is 4.15. The number of hydrogen-bond acceptors (Lipinski definition) is 5. The topological polar surface area (TPSA) is 90.5 Å². The summed E-state index contributed by atoms with van der Waals surface area (Å²) < 4.78 is 29.5. The molecular formula is C24H32N4O3S. The summed E-state index contributed by atoms with van der Waals surface area (Å²) in [7, 11) is -3.80. The first-order valence-electron chi connectivity index (χ1n) is 11.4. The summed E-state index contributed by atoms with van der Waals surface area (Å²) in [5.41, 5.74) is 4.01. The van der Waals surface area contributed by atoms with Crippen LogP contribution in [0.2, 0.25) is 0 Å². The lowest BCUT2D eigenvalue weighted by molar-refractivity contribution is 0.0943. The number of fused-ring (bicyclic) bond motifs is 1. The van der Waals surface area contributed by atoms with Crippen LogP contribution in [0.25, 0.3) is 0 Å². The summed E-state index contributed by atoms with van der Waals surface area (Å²) in [5, 5.41) is 6.19. The van der Waals surface area contributed by atoms with Crippen molar-refractivity contribution in [2.24, 2.45) is 0 Å². The lowest BCUT2D eigenvalue weighted by atomic mass is 9.92. The number of carbonyl (C=O) groups excluding carboxylic acids is 1. The minimum absolute atomic E-state index is 0.00835. The highest BCUT2D eigenvalue weighted by Gasteiger charge is 2.23. The Labute approximate surface area is 190 Å². The maximum atomic E-state index is 13.3. The van der Waals surface area contributed by atoms with Gasteiger partial charge in [0.1, 0.15) is 0 Å². The molecule has 0 bridgehead atoms. The van der Waals surface area contributed by atoms with Gasteiger partial charge in [-0.25, -0.2) is 8.42 Å². The number of anilines is 2. The summed E-state index contributed by atoms with van der Waals surface area (Å²) in [6.45, 7) is 6.98. The van der Waals surface area contributed by atoms with Crippen LogP contribution in [0.3, 0.4) is 0 Å². The minimum Gasteiger partial charge on any atom is -0.367 e. The molecule has 3 N–H and O–H groups in total. The molecule has 0 atom stereocenters. The van der Waals surface area contributed by atoms with Crippen LogP contribution < -0.4 is 20.3 Å². The predicted molar refractivity (Wildman–Crippen MR) is 128 cm³/mol. The average molecular weight is 457 g/mol. The Morgan fingerprint density at radius 1 is 1.00 bits per heavy atom. The fourth-order valence-electron chi connectivity index (χ4n) is 4.37. The Bertz CT molecular complexity index is 1090. The summed E-state index contributed by atoms with van der Waals surface area (Å²) >= 11 is 0. The highest BCUT2D eigenvalue weighted by atomic mass is 32.2. The van der Waals surface area contributed by atoms with Crippen LogP contribution in [0.4, 0.5) is 11.4 Å². The van der Waals surface area contributed by atoms with E-state index in [0.717, 1.165) is 63.1 Å². The molecule has 1 aliphatic carbocycles. The third kappa shape index (κ3) is 5.07. The molecule has 2 aromatic carbocycles. The number of nitrogens with zero attached hydrogens (tertiary/aromatic N) is 1. The molecule has 2 aromatic rings. The highest BCUT2D eigenvalue weighted by molar-refractivity contribution is 7.92. The first kappa shape index (κ1) is 22.6. The number of piperazine rings is 1. The lowest BCUT2D eigenvalue weighted by Gasteiger charge is -2.31. The van der Waals surface area contributed by atoms with E-state index in [4.69, 9.17) is 0 Å². The molecule has 4 rings (SSSR count). The summed E-state index contributed by atoms with van der Waals surface area (Å²) in [4.78, 5) is 15.0. The number of rotatable bonds is 6. The second-order valence-corrected chi connectivity index (χ2v) is 10.5. The molecule has 1 fully saturated rings. The second-order valence-electron chi connectivity index (χ2n) is 8.84. The molecule has 172 valence electrons. The van der Waals surface area contributed by atoms with E-state index in [1.807, 2.05) is 26.0 Å². The molecule has 32 heavy (non-hydrogen) atoms. The van der Waals surface area contributed by atoms with Crippen LogP contribution in [0.1, 0.15) is 48.2 Å². The number of carbonyl (C=O) groups is 1. The maximum absolute atomic E-state index is 13.3. The van der Waals surface area contributed by atoms with Gasteiger partial charge in [0.15, 0.2) is 0 Å². The molecule has 0 unspecified atom stereocenters. The quantitative estimate of drug-likeness (QED) is 0.622. The maximum Gasteiger partial charge on any atom is 0.261 e. The van der Waals surface area contributed by atoms with E-state index < -0.39 is 10.0 Å². The van der Waals surface area contributed by atoms with Gasteiger partial charge in [-0.05, 0) is 81.0 Å². The Kier molecular flexibility index (Phi) is 6.71. The molecule has 8 heteroatoms. The molecule has 1 amide bonds. The zero-order chi connectivity index (χ0) is 22.7. The van der Waals surface area contributed by atoms with Crippen molar-refractivity contribution in [1.82, 2.24) is 10.6 Å². The van der Waals surface area contributed by atoms with Crippen LogP contribution in [0.15, 0.2) is 41.3 Å². The summed E-state index contributed by atoms with van der Waals surface area (Å²) in [5.74, 6) is -0.221. The molecular weight excluding hydrogens is 424 g/mol. The molecule has 1 saturated heterocycles. The lowest BCUT2D eigenvalue weighted by Crippen LogP contribution is -2.43. The first-order valence-corrected chi connectivity index (χ1v) is 12.9. The van der Waals surface area contributed by atoms with E-state index in [-0.39, 0.29) is 16.8 Å². The van der Waals surface area contributed by atoms with Gasteiger partial charge in [0.05, 0.1) is 16.3 Å². The third-order valence-electron chi connectivity index (χ3n) is 6.01. The van der Waals surface area contributed by atoms with Crippen molar-refractivity contribution in [2.75, 3.05) is 35.8 Å². The molecule has 0 aromatic heterocycles. The third-order valence-corrected chi connectivity index (χ3v) is 7.37. The van der Waals surface area contributed by atoms with Crippen LogP contribution in [-0.2, 0) is 22.9 Å². The Hall–Kier alpha value is -2.58. The van der Waals surface area contributed by atoms with E-state index in [9.17, 15) is 13.2 Å². The number of aryl methyl sites for hydroxylation is 2. The van der Waals surface area contributed by atoms with Crippen molar-refractivity contribution < 1.29 is 13.2 Å². The van der Waals surface area contributed by atoms with Gasteiger partial charge in [-0.1, -0.05) is 6.07 Å². The van der Waals surface area contributed by atoms with Crippen LogP contribution in [0, 0.1) is 0 Å². The number of hydrogen-bond donors (Lipinski definition) is 3. The van der Waals surface area contributed by atoms with Gasteiger partial charge in [0.25, 0.3) is 15.9 Å². The van der Waals surface area contributed by atoms with E-state index in [1.165, 1.54) is 5.56 Å². The van der Waals surface area contributed by atoms with Gasteiger partial charge in [0.2, 0.25) is 0 Å². The molecule has 1 aliphatic heterocycles. The van der Waals surface area contributed by atoms with Crippen molar-refractivity contribution in [3.63, 3.8) is 0 Å². The molecule has 7 nitrogen and oxygen atoms in total. The molecule has 0 spiro atoms. The van der Waals surface area contributed by atoms with Crippen molar-refractivity contribution in [2.45, 2.75) is 50.5 Å². The minimum atomic E-state index is -3.80. The zero-order valence-electron chi connectivity index (χ0n) is 18.8. The fourth-order valence-corrected chi connectivity index (χ4v) is 5.48. The van der Waals surface area contributed by atoms with Crippen molar-refractivity contribution in [3.05, 3.63) is 53.1 Å². The average Bonchev–Trinajstić information content (AvgIpc) is 2.78. The Morgan fingerprint density at radius 2 is 1.72 bits per heavy atom. The predicted octanol–water partition coefficient (Wildman–Crippen LogP) is 2.91. The Balaban J connectivity index is 1.68. The van der Waals surface area contributed by atoms with Crippen LogP contribution in [0.5, 0.6) is 0 Å². The van der Waals surface area contributed by atoms with Gasteiger partial charge < -0.3 is 15.5 Å². The SMILES string of the molecule is CC(C)NC(=O)c1ccc(N2CCNCC2)c(NS(=O)(=O)c2ccc3c(c2)CCCC3)c1. The second kappa shape index (κ2) is 9.50. The number of amides is 1. The van der Waals surface area contributed by atoms with Crippen LogP contribution >= 0.6 is 0 Å². The summed E-state index contributed by atoms with van der Waals surface area (Å²) in [6, 6.07) is 10.7. The van der Waals surface area contributed by atoms with Crippen molar-refractivity contribution >= 4 is 27.3 Å². The largest absolute Gasteiger partial charge is 0.367 e. The zero-order valence-corrected chi connectivity index (χ0v) is 19.6. The number of nitrogens with one attached hydrogen (secondary N) is 3. The van der Waals surface area contributed by atoms with Gasteiger partial charge in [0, 0.05) is 37.8 Å². The molecule has 0 radical (unpaired) electrons. The fraction of sp³-hybridized carbons (Fsp3) is 0.458. The molecule has 0 saturated carbocycles. The van der Waals surface area contributed by atoms with Gasteiger partial charge in [-0.2, -0.15) is 0 Å². The van der Waals surface area contributed by atoms with Gasteiger partial charge >= 0.3 is 0 Å². The van der Waals surface area contributed by atoms with Gasteiger partial charge in [-0.15, -0.1) is 0 Å². The number of sulfonamides is 1. The van der Waals surface area contributed by atoms with E-state index in [1.54, 1.807) is 24.3 Å². The van der Waals surface area contributed by atoms with E-state index in [0.29, 0.717) is 11.3 Å². The monoisotopic (exact) mass is 456 g/mol. The van der Waals surface area contributed by atoms with Crippen molar-refractivity contribution in [1.29, 1.82) is 0 Å². The van der Waals surface area contributed by atoms with E-state index in [2.05, 4.69) is 20.3 Å². The van der Waals surface area contributed by atoms with Crippen molar-refractivity contribution in [3.8, 4) is 0 Å². The van der Waals surface area contributed by atoms with Gasteiger partial charge in [-0.3, -0.25) is 9.52 Å². The van der Waals surface area contributed by atoms with E-state index >= 15 is 0 Å². The Morgan fingerprint density at radius 3 is 2.44 bits per heavy atom. The molecule has 2 aliphatic rings. The number of benzene rings is 2. The van der Waals surface area contributed by atoms with Crippen LogP contribution in [-0.4, -0.2) is 46.5 Å². The standard InChI is InChI=1S/C24H32N4O3S/c1-17(2)26-24(29)20-8-10-23(28-13-11-25-12-14-28)22(16-20)27-32(30,31)21-9-7-18-5-3-4-6-19(18)15-21/h7-10,15-17,25,27H,3-6,11-14H2,1-2H3,(H,26,29). The highest BCUT2D eigenvalue weighted by Crippen LogP contribution is 2.31. The normalized spacial score (nSPS) is 16.5. The first-order chi connectivity index (χ1) is 15.3. The molecule has 1 heterocycles.